The van der Waals surface area contributed by atoms with Crippen LogP contribution in [0.25, 0.3) is 0 Å². The highest BCUT2D eigenvalue weighted by Crippen LogP contribution is 2.31. The van der Waals surface area contributed by atoms with Gasteiger partial charge in [-0.3, -0.25) is 0 Å². The van der Waals surface area contributed by atoms with Crippen molar-refractivity contribution in [2.24, 2.45) is 0 Å². The molecule has 0 spiro atoms. The summed E-state index contributed by atoms with van der Waals surface area (Å²) in [6.45, 7) is 1.04. The lowest BCUT2D eigenvalue weighted by atomic mass is 9.49. The van der Waals surface area contributed by atoms with Gasteiger partial charge in [0.2, 0.25) is 0 Å². The van der Waals surface area contributed by atoms with Crippen LogP contribution >= 0.6 is 0 Å². The fourth-order valence-corrected chi connectivity index (χ4v) is 2.82. The highest BCUT2D eigenvalue weighted by atomic mass is 16.7. The van der Waals surface area contributed by atoms with Gasteiger partial charge in [0.05, 0.1) is 25.4 Å². The second kappa shape index (κ2) is 6.26. The molecule has 2 aliphatic rings. The monoisotopic (exact) mass is 294 g/mol. The minimum absolute atomic E-state index is 0.0609. The first-order valence-electron chi connectivity index (χ1n) is 7.54. The van der Waals surface area contributed by atoms with Crippen molar-refractivity contribution in [2.75, 3.05) is 13.2 Å². The fourth-order valence-electron chi connectivity index (χ4n) is 2.82. The average molecular weight is 294 g/mol. The van der Waals surface area contributed by atoms with E-state index in [1.165, 1.54) is 0 Å². The summed E-state index contributed by atoms with van der Waals surface area (Å²) in [5.74, 6) is 0. The standard InChI is InChI=1S/C16H16B2O4/c1-3-7-13(8-4-1)15-11-19-17(21-15)18-20-12-16(22-18)14-9-5-2-6-10-14/h1-10,15-16H,11-12H2/t15-,16-/m1/s1. The van der Waals surface area contributed by atoms with E-state index in [4.69, 9.17) is 18.6 Å². The second-order valence-electron chi connectivity index (χ2n) is 5.47. The molecule has 2 fully saturated rings. The number of benzene rings is 2. The molecule has 0 radical (unpaired) electrons. The summed E-state index contributed by atoms with van der Waals surface area (Å²) in [7, 11) is -0.946. The molecule has 110 valence electrons. The molecule has 0 aromatic heterocycles. The summed E-state index contributed by atoms with van der Waals surface area (Å²) in [4.78, 5) is 0. The van der Waals surface area contributed by atoms with E-state index >= 15 is 0 Å². The third-order valence-corrected chi connectivity index (χ3v) is 3.99. The second-order valence-corrected chi connectivity index (χ2v) is 5.47. The smallest absolute Gasteiger partial charge is 0.410 e. The summed E-state index contributed by atoms with van der Waals surface area (Å²) in [6, 6.07) is 20.1. The molecule has 2 atom stereocenters. The van der Waals surface area contributed by atoms with Crippen molar-refractivity contribution < 1.29 is 18.6 Å². The minimum atomic E-state index is -0.473. The van der Waals surface area contributed by atoms with Crippen molar-refractivity contribution in [3.63, 3.8) is 0 Å². The van der Waals surface area contributed by atoms with Crippen LogP contribution in [0.4, 0.5) is 0 Å². The van der Waals surface area contributed by atoms with Gasteiger partial charge in [0.25, 0.3) is 0 Å². The predicted molar refractivity (Wildman–Crippen MR) is 83.9 cm³/mol. The van der Waals surface area contributed by atoms with Crippen LogP contribution < -0.4 is 0 Å². The van der Waals surface area contributed by atoms with Gasteiger partial charge in [-0.25, -0.2) is 0 Å². The van der Waals surface area contributed by atoms with Crippen molar-refractivity contribution >= 4 is 14.0 Å². The molecule has 0 N–H and O–H groups in total. The van der Waals surface area contributed by atoms with Crippen LogP contribution in [-0.2, 0) is 18.6 Å². The Hall–Kier alpha value is -1.59. The lowest BCUT2D eigenvalue weighted by Crippen LogP contribution is -2.38. The van der Waals surface area contributed by atoms with Crippen LogP contribution in [-0.4, -0.2) is 27.2 Å². The summed E-state index contributed by atoms with van der Waals surface area (Å²) < 4.78 is 23.3. The van der Waals surface area contributed by atoms with Gasteiger partial charge in [-0.2, -0.15) is 0 Å². The largest absolute Gasteiger partial charge is 0.488 e. The molecule has 2 aromatic carbocycles. The van der Waals surface area contributed by atoms with Crippen LogP contribution in [0.1, 0.15) is 23.3 Å². The zero-order chi connectivity index (χ0) is 14.8. The minimum Gasteiger partial charge on any atom is -0.410 e. The molecule has 0 aliphatic carbocycles. The van der Waals surface area contributed by atoms with Crippen molar-refractivity contribution in [3.05, 3.63) is 71.8 Å². The Balaban J connectivity index is 1.38. The van der Waals surface area contributed by atoms with Gasteiger partial charge in [0, 0.05) is 0 Å². The Morgan fingerprint density at radius 2 is 1.05 bits per heavy atom. The Kier molecular flexibility index (Phi) is 3.99. The third-order valence-electron chi connectivity index (χ3n) is 3.99. The van der Waals surface area contributed by atoms with Crippen molar-refractivity contribution in [2.45, 2.75) is 12.2 Å². The van der Waals surface area contributed by atoms with E-state index in [1.807, 2.05) is 60.7 Å². The quantitative estimate of drug-likeness (QED) is 0.815. The Bertz CT molecular complexity index is 555. The maximum atomic E-state index is 5.94. The van der Waals surface area contributed by atoms with Crippen LogP contribution in [0, 0.1) is 0 Å². The van der Waals surface area contributed by atoms with E-state index in [0.717, 1.165) is 11.1 Å². The van der Waals surface area contributed by atoms with Gasteiger partial charge in [-0.05, 0) is 11.1 Å². The molecule has 4 nitrogen and oxygen atoms in total. The zero-order valence-electron chi connectivity index (χ0n) is 12.1. The van der Waals surface area contributed by atoms with Gasteiger partial charge < -0.3 is 18.6 Å². The van der Waals surface area contributed by atoms with E-state index in [0.29, 0.717) is 13.2 Å². The van der Waals surface area contributed by atoms with Crippen LogP contribution in [0.3, 0.4) is 0 Å². The molecule has 22 heavy (non-hydrogen) atoms. The van der Waals surface area contributed by atoms with Crippen LogP contribution in [0.5, 0.6) is 0 Å². The molecule has 6 heteroatoms. The molecule has 2 heterocycles. The summed E-state index contributed by atoms with van der Waals surface area (Å²) in [5, 5.41) is 0. The lowest BCUT2D eigenvalue weighted by Gasteiger charge is -2.12. The lowest BCUT2D eigenvalue weighted by molar-refractivity contribution is 0.233. The van der Waals surface area contributed by atoms with Crippen molar-refractivity contribution in [1.82, 2.24) is 0 Å². The van der Waals surface area contributed by atoms with E-state index < -0.39 is 14.0 Å². The first kappa shape index (κ1) is 14.0. The molecule has 2 aliphatic heterocycles. The average Bonchev–Trinajstić information content (AvgIpc) is 3.26. The topological polar surface area (TPSA) is 36.9 Å². The van der Waals surface area contributed by atoms with Crippen molar-refractivity contribution in [3.8, 4) is 0 Å². The fraction of sp³-hybridized carbons (Fsp3) is 0.250. The van der Waals surface area contributed by atoms with E-state index in [2.05, 4.69) is 0 Å². The number of hydrogen-bond donors (Lipinski definition) is 0. The SMILES string of the molecule is c1ccc([C@H]2COB(B3OC[C@H](c4ccccc4)O3)O2)cc1. The number of rotatable bonds is 3. The molecular formula is C16H16B2O4. The molecule has 0 saturated carbocycles. The Labute approximate surface area is 130 Å². The van der Waals surface area contributed by atoms with Gasteiger partial charge in [-0.15, -0.1) is 0 Å². The molecule has 0 bridgehead atoms. The summed E-state index contributed by atoms with van der Waals surface area (Å²) in [6.07, 6.45) is -0.122. The summed E-state index contributed by atoms with van der Waals surface area (Å²) >= 11 is 0. The normalized spacial score (nSPS) is 24.9. The molecule has 0 unspecified atom stereocenters. The Morgan fingerprint density at radius 3 is 1.45 bits per heavy atom. The van der Waals surface area contributed by atoms with Gasteiger partial charge in [0.1, 0.15) is 0 Å². The maximum Gasteiger partial charge on any atom is 0.488 e. The Morgan fingerprint density at radius 1 is 0.636 bits per heavy atom. The first-order chi connectivity index (χ1) is 10.9. The molecular weight excluding hydrogens is 278 g/mol. The van der Waals surface area contributed by atoms with Crippen molar-refractivity contribution in [1.29, 1.82) is 0 Å². The van der Waals surface area contributed by atoms with Crippen LogP contribution in [0.2, 0.25) is 0 Å². The van der Waals surface area contributed by atoms with Gasteiger partial charge in [-0.1, -0.05) is 60.7 Å². The van der Waals surface area contributed by atoms with E-state index in [1.54, 1.807) is 0 Å². The molecule has 2 saturated heterocycles. The molecule has 4 rings (SSSR count). The highest BCUT2D eigenvalue weighted by molar-refractivity contribution is 7.11. The number of hydrogen-bond acceptors (Lipinski definition) is 4. The molecule has 0 amide bonds. The van der Waals surface area contributed by atoms with Crippen LogP contribution in [0.15, 0.2) is 60.7 Å². The predicted octanol–water partition coefficient (Wildman–Crippen LogP) is 2.62. The van der Waals surface area contributed by atoms with E-state index in [-0.39, 0.29) is 12.2 Å². The first-order valence-corrected chi connectivity index (χ1v) is 7.54. The van der Waals surface area contributed by atoms with E-state index in [9.17, 15) is 0 Å². The maximum absolute atomic E-state index is 5.94. The highest BCUT2D eigenvalue weighted by Gasteiger charge is 2.50. The zero-order valence-corrected chi connectivity index (χ0v) is 12.1. The third kappa shape index (κ3) is 2.83. The van der Waals surface area contributed by atoms with Gasteiger partial charge >= 0.3 is 14.0 Å². The summed E-state index contributed by atoms with van der Waals surface area (Å²) in [5.41, 5.74) is 2.23. The molecule has 2 aromatic rings. The van der Waals surface area contributed by atoms with Gasteiger partial charge in [0.15, 0.2) is 0 Å².